The number of unbranched alkanes of at least 4 members (excludes halogenated alkanes) is 1. The Kier molecular flexibility index (Phi) is 6.21. The minimum Gasteiger partial charge on any atom is -0.450 e. The van der Waals surface area contributed by atoms with E-state index in [0.717, 1.165) is 6.42 Å². The summed E-state index contributed by atoms with van der Waals surface area (Å²) >= 11 is 0. The third-order valence-corrected chi connectivity index (χ3v) is 9.75. The monoisotopic (exact) mass is 476 g/mol. The average molecular weight is 477 g/mol. The number of alkyl halides is 1. The van der Waals surface area contributed by atoms with E-state index < -0.39 is 58.4 Å². The number of hydrogen-bond donors (Lipinski definition) is 2. The van der Waals surface area contributed by atoms with E-state index in [-0.39, 0.29) is 24.5 Å². The molecule has 3 saturated carbocycles. The highest BCUT2D eigenvalue weighted by Gasteiger charge is 2.77. The maximum atomic E-state index is 17.3. The first-order chi connectivity index (χ1) is 15.9. The van der Waals surface area contributed by atoms with Gasteiger partial charge in [0.15, 0.2) is 17.1 Å². The average Bonchev–Trinajstić information content (AvgIpc) is 3.00. The summed E-state index contributed by atoms with van der Waals surface area (Å²) < 4.78 is 23.3. The number of ketones is 2. The maximum absolute atomic E-state index is 17.3. The molecule has 0 aromatic rings. The van der Waals surface area contributed by atoms with Crippen LogP contribution in [-0.2, 0) is 19.1 Å². The number of allylic oxidation sites excluding steroid dienone is 4. The molecule has 34 heavy (non-hydrogen) atoms. The van der Waals surface area contributed by atoms with Gasteiger partial charge in [0, 0.05) is 29.1 Å². The van der Waals surface area contributed by atoms with Crippen LogP contribution in [0.3, 0.4) is 0 Å². The van der Waals surface area contributed by atoms with Crippen molar-refractivity contribution in [2.75, 3.05) is 6.61 Å². The van der Waals surface area contributed by atoms with Crippen LogP contribution in [0.15, 0.2) is 23.8 Å². The van der Waals surface area contributed by atoms with Gasteiger partial charge >= 0.3 is 5.97 Å². The molecule has 3 fully saturated rings. The Bertz CT molecular complexity index is 957. The summed E-state index contributed by atoms with van der Waals surface area (Å²) in [5, 5.41) is 21.4. The predicted molar refractivity (Wildman–Crippen MR) is 123 cm³/mol. The van der Waals surface area contributed by atoms with Gasteiger partial charge in [-0.25, -0.2) is 4.39 Å². The summed E-state index contributed by atoms with van der Waals surface area (Å²) in [6, 6.07) is 0. The fraction of sp³-hybridized carbons (Fsp3) is 0.741. The molecule has 4 aliphatic rings. The van der Waals surface area contributed by atoms with Gasteiger partial charge in [0.2, 0.25) is 5.78 Å². The maximum Gasteiger partial charge on any atom is 0.306 e. The molecular formula is C27H37FO6. The largest absolute Gasteiger partial charge is 0.450 e. The number of Topliss-reactive ketones (excluding diaryl/α,β-unsaturated/α-hetero) is 1. The van der Waals surface area contributed by atoms with Crippen LogP contribution in [0, 0.1) is 28.6 Å². The Labute approximate surface area is 200 Å². The second-order valence-corrected chi connectivity index (χ2v) is 11.3. The van der Waals surface area contributed by atoms with Gasteiger partial charge in [0.25, 0.3) is 0 Å². The van der Waals surface area contributed by atoms with E-state index in [9.17, 15) is 24.6 Å². The Morgan fingerprint density at radius 1 is 1.26 bits per heavy atom. The minimum absolute atomic E-state index is 0.0769. The second-order valence-electron chi connectivity index (χ2n) is 11.3. The third kappa shape index (κ3) is 3.08. The van der Waals surface area contributed by atoms with Crippen molar-refractivity contribution < 1.29 is 33.7 Å². The van der Waals surface area contributed by atoms with Gasteiger partial charge in [0.1, 0.15) is 6.61 Å². The standard InChI is InChI=1S/C27H37FO6/c1-5-6-7-23(33)34-27(22(32)15-29)16(2)12-20-19-9-8-17-13-18(30)10-11-24(17,3)26(19,28)21(31)14-25(20,27)4/h10-11,13,16,19-21,29,31H,5-9,12,14-15H2,1-4H3/t16-,19-,20-,21+,24-,25-,26-,27-/m0/s1. The van der Waals surface area contributed by atoms with Gasteiger partial charge in [-0.2, -0.15) is 0 Å². The topological polar surface area (TPSA) is 101 Å². The van der Waals surface area contributed by atoms with Crippen LogP contribution < -0.4 is 0 Å². The summed E-state index contributed by atoms with van der Waals surface area (Å²) in [5.74, 6) is -2.62. The van der Waals surface area contributed by atoms with Crippen LogP contribution in [-0.4, -0.2) is 51.7 Å². The lowest BCUT2D eigenvalue weighted by atomic mass is 9.44. The van der Waals surface area contributed by atoms with Gasteiger partial charge in [-0.1, -0.05) is 38.8 Å². The molecule has 0 aromatic carbocycles. The van der Waals surface area contributed by atoms with Gasteiger partial charge in [-0.3, -0.25) is 14.4 Å². The van der Waals surface area contributed by atoms with E-state index in [1.165, 1.54) is 12.2 Å². The smallest absolute Gasteiger partial charge is 0.306 e. The van der Waals surface area contributed by atoms with Crippen molar-refractivity contribution >= 4 is 17.5 Å². The van der Waals surface area contributed by atoms with Crippen molar-refractivity contribution in [3.05, 3.63) is 23.8 Å². The van der Waals surface area contributed by atoms with Crippen molar-refractivity contribution in [3.8, 4) is 0 Å². The Morgan fingerprint density at radius 2 is 1.97 bits per heavy atom. The molecule has 0 aromatic heterocycles. The van der Waals surface area contributed by atoms with E-state index in [1.807, 2.05) is 20.8 Å². The molecule has 2 N–H and O–H groups in total. The van der Waals surface area contributed by atoms with Gasteiger partial charge in [-0.15, -0.1) is 0 Å². The van der Waals surface area contributed by atoms with Crippen LogP contribution in [0.1, 0.15) is 72.6 Å². The molecule has 6 nitrogen and oxygen atoms in total. The normalized spacial score (nSPS) is 45.1. The molecule has 4 rings (SSSR count). The highest BCUT2D eigenvalue weighted by Crippen LogP contribution is 2.71. The first-order valence-electron chi connectivity index (χ1n) is 12.6. The lowest BCUT2D eigenvalue weighted by Crippen LogP contribution is -2.70. The van der Waals surface area contributed by atoms with Crippen LogP contribution in [0.2, 0.25) is 0 Å². The molecule has 0 aliphatic heterocycles. The van der Waals surface area contributed by atoms with E-state index in [0.29, 0.717) is 31.3 Å². The molecule has 0 unspecified atom stereocenters. The molecule has 0 radical (unpaired) electrons. The summed E-state index contributed by atoms with van der Waals surface area (Å²) in [7, 11) is 0. The van der Waals surface area contributed by atoms with E-state index in [4.69, 9.17) is 4.74 Å². The van der Waals surface area contributed by atoms with Gasteiger partial charge < -0.3 is 14.9 Å². The number of rotatable bonds is 6. The summed E-state index contributed by atoms with van der Waals surface area (Å²) in [6.45, 7) is 6.55. The number of fused-ring (bicyclic) bond motifs is 5. The molecule has 0 amide bonds. The quantitative estimate of drug-likeness (QED) is 0.568. The highest BCUT2D eigenvalue weighted by atomic mass is 19.1. The summed E-state index contributed by atoms with van der Waals surface area (Å²) in [6.07, 6.45) is 5.92. The van der Waals surface area contributed by atoms with Crippen molar-refractivity contribution in [2.24, 2.45) is 28.6 Å². The SMILES string of the molecule is CCCCC(=O)O[C@]1(C(=O)CO)[C@@H](C)C[C@H]2[C@@H]3CCC4=CC(=O)C=C[C@]4(C)[C@@]3(F)[C@H](O)C[C@@]21C. The molecule has 188 valence electrons. The fourth-order valence-electron chi connectivity index (χ4n) is 8.07. The lowest BCUT2D eigenvalue weighted by molar-refractivity contribution is -0.228. The molecular weight excluding hydrogens is 439 g/mol. The third-order valence-electron chi connectivity index (χ3n) is 9.75. The molecule has 0 saturated heterocycles. The number of carbonyl (C=O) groups excluding carboxylic acids is 3. The molecule has 0 heterocycles. The van der Waals surface area contributed by atoms with E-state index >= 15 is 4.39 Å². The van der Waals surface area contributed by atoms with Crippen LogP contribution in [0.4, 0.5) is 4.39 Å². The van der Waals surface area contributed by atoms with E-state index in [2.05, 4.69) is 0 Å². The van der Waals surface area contributed by atoms with Crippen molar-refractivity contribution in [1.29, 1.82) is 0 Å². The summed E-state index contributed by atoms with van der Waals surface area (Å²) in [5.41, 5.74) is -5.11. The zero-order chi connectivity index (χ0) is 25.1. The zero-order valence-electron chi connectivity index (χ0n) is 20.6. The molecule has 4 aliphatic carbocycles. The van der Waals surface area contributed by atoms with Crippen LogP contribution in [0.25, 0.3) is 0 Å². The van der Waals surface area contributed by atoms with Gasteiger partial charge in [0.05, 0.1) is 6.10 Å². The summed E-state index contributed by atoms with van der Waals surface area (Å²) in [4.78, 5) is 38.1. The Balaban J connectivity index is 1.80. The van der Waals surface area contributed by atoms with E-state index in [1.54, 1.807) is 13.0 Å². The molecule has 0 spiro atoms. The van der Waals surface area contributed by atoms with Crippen LogP contribution in [0.5, 0.6) is 0 Å². The number of ether oxygens (including phenoxy) is 1. The molecule has 8 atom stereocenters. The predicted octanol–water partition coefficient (Wildman–Crippen LogP) is 3.64. The van der Waals surface area contributed by atoms with Crippen molar-refractivity contribution in [3.63, 3.8) is 0 Å². The number of esters is 1. The van der Waals surface area contributed by atoms with Crippen molar-refractivity contribution in [1.82, 2.24) is 0 Å². The first-order valence-corrected chi connectivity index (χ1v) is 12.6. The lowest BCUT2D eigenvalue weighted by Gasteiger charge is -2.62. The van der Waals surface area contributed by atoms with Crippen molar-refractivity contribution in [2.45, 2.75) is 90.0 Å². The number of carbonyl (C=O) groups is 3. The molecule has 7 heteroatoms. The molecule has 0 bridgehead atoms. The number of hydrogen-bond acceptors (Lipinski definition) is 6. The second kappa shape index (κ2) is 8.37. The number of aliphatic hydroxyl groups is 2. The minimum atomic E-state index is -2.03. The Hall–Kier alpha value is -1.86. The number of halogens is 1. The fourth-order valence-corrected chi connectivity index (χ4v) is 8.07. The highest BCUT2D eigenvalue weighted by molar-refractivity contribution is 6.01. The number of aliphatic hydroxyl groups excluding tert-OH is 2. The Morgan fingerprint density at radius 3 is 2.62 bits per heavy atom. The van der Waals surface area contributed by atoms with Gasteiger partial charge in [-0.05, 0) is 57.1 Å². The van der Waals surface area contributed by atoms with Crippen LogP contribution >= 0.6 is 0 Å². The zero-order valence-corrected chi connectivity index (χ0v) is 20.6. The first kappa shape index (κ1) is 25.2.